The van der Waals surface area contributed by atoms with E-state index >= 15 is 0 Å². The van der Waals surface area contributed by atoms with Crippen LogP contribution in [0.25, 0.3) is 0 Å². The highest BCUT2D eigenvalue weighted by atomic mass is 15.2. The highest BCUT2D eigenvalue weighted by Crippen LogP contribution is 2.32. The minimum Gasteiger partial charge on any atom is -0.330 e. The molecule has 0 spiro atoms. The molecule has 1 saturated heterocycles. The number of rotatable bonds is 4. The van der Waals surface area contributed by atoms with Crippen LogP contribution in [0.5, 0.6) is 0 Å². The molecular weight excluding hydrogens is 160 g/mol. The van der Waals surface area contributed by atoms with Gasteiger partial charge in [-0.25, -0.2) is 0 Å². The monoisotopic (exact) mass is 182 g/mol. The van der Waals surface area contributed by atoms with Crippen molar-refractivity contribution in [3.05, 3.63) is 0 Å². The molecule has 1 heterocycles. The third-order valence-electron chi connectivity index (χ3n) is 3.72. The molecule has 0 aromatic heterocycles. The van der Waals surface area contributed by atoms with E-state index in [2.05, 4.69) is 4.90 Å². The second-order valence-electron chi connectivity index (χ2n) is 4.55. The van der Waals surface area contributed by atoms with Crippen LogP contribution in [0.2, 0.25) is 0 Å². The summed E-state index contributed by atoms with van der Waals surface area (Å²) in [6.07, 6.45) is 9.82. The first-order chi connectivity index (χ1) is 6.42. The topological polar surface area (TPSA) is 29.3 Å². The Morgan fingerprint density at radius 3 is 2.46 bits per heavy atom. The Balaban J connectivity index is 1.73. The molecule has 0 aromatic carbocycles. The summed E-state index contributed by atoms with van der Waals surface area (Å²) in [6, 6.07) is 1.84. The molecular formula is C11H22N2. The van der Waals surface area contributed by atoms with Crippen molar-refractivity contribution in [2.75, 3.05) is 13.1 Å². The summed E-state index contributed by atoms with van der Waals surface area (Å²) in [7, 11) is 0. The first kappa shape index (κ1) is 9.47. The largest absolute Gasteiger partial charge is 0.330 e. The average molecular weight is 182 g/mol. The Bertz CT molecular complexity index is 152. The van der Waals surface area contributed by atoms with E-state index in [1.165, 1.54) is 51.5 Å². The van der Waals surface area contributed by atoms with Crippen molar-refractivity contribution < 1.29 is 0 Å². The maximum Gasteiger partial charge on any atom is 0.0111 e. The van der Waals surface area contributed by atoms with E-state index in [4.69, 9.17) is 5.73 Å². The van der Waals surface area contributed by atoms with Crippen molar-refractivity contribution in [3.8, 4) is 0 Å². The highest BCUT2D eigenvalue weighted by Gasteiger charge is 2.34. The Morgan fingerprint density at radius 1 is 1.15 bits per heavy atom. The Kier molecular flexibility index (Phi) is 3.23. The molecule has 0 aromatic rings. The van der Waals surface area contributed by atoms with Gasteiger partial charge in [0.25, 0.3) is 0 Å². The van der Waals surface area contributed by atoms with Gasteiger partial charge in [-0.05, 0) is 38.6 Å². The number of nitrogens with zero attached hydrogens (tertiary/aromatic N) is 1. The molecule has 2 fully saturated rings. The van der Waals surface area contributed by atoms with Gasteiger partial charge in [0, 0.05) is 18.6 Å². The van der Waals surface area contributed by atoms with Crippen molar-refractivity contribution in [1.29, 1.82) is 0 Å². The second kappa shape index (κ2) is 4.43. The predicted molar refractivity (Wildman–Crippen MR) is 55.7 cm³/mol. The first-order valence-corrected chi connectivity index (χ1v) is 5.87. The summed E-state index contributed by atoms with van der Waals surface area (Å²) >= 11 is 0. The van der Waals surface area contributed by atoms with Crippen molar-refractivity contribution in [2.24, 2.45) is 5.73 Å². The van der Waals surface area contributed by atoms with Crippen LogP contribution in [0.3, 0.4) is 0 Å². The first-order valence-electron chi connectivity index (χ1n) is 5.87. The molecule has 1 unspecified atom stereocenters. The van der Waals surface area contributed by atoms with Gasteiger partial charge in [-0.3, -0.25) is 4.90 Å². The average Bonchev–Trinajstić information content (AvgIpc) is 2.56. The van der Waals surface area contributed by atoms with Crippen molar-refractivity contribution in [3.63, 3.8) is 0 Å². The molecule has 2 nitrogen and oxygen atoms in total. The summed E-state index contributed by atoms with van der Waals surface area (Å²) < 4.78 is 0. The molecule has 0 radical (unpaired) electrons. The summed E-state index contributed by atoms with van der Waals surface area (Å²) in [4.78, 5) is 2.74. The number of nitrogens with two attached hydrogens (primary N) is 1. The smallest absolute Gasteiger partial charge is 0.0111 e. The minimum atomic E-state index is 0.870. The van der Waals surface area contributed by atoms with Crippen LogP contribution >= 0.6 is 0 Å². The van der Waals surface area contributed by atoms with Gasteiger partial charge < -0.3 is 5.73 Å². The maximum atomic E-state index is 5.54. The van der Waals surface area contributed by atoms with Gasteiger partial charge in [-0.15, -0.1) is 0 Å². The number of likely N-dealkylation sites (tertiary alicyclic amines) is 1. The summed E-state index contributed by atoms with van der Waals surface area (Å²) in [6.45, 7) is 2.23. The van der Waals surface area contributed by atoms with Gasteiger partial charge in [0.15, 0.2) is 0 Å². The van der Waals surface area contributed by atoms with E-state index in [9.17, 15) is 0 Å². The normalized spacial score (nSPS) is 30.7. The molecule has 2 aliphatic rings. The van der Waals surface area contributed by atoms with Gasteiger partial charge in [0.1, 0.15) is 0 Å². The van der Waals surface area contributed by atoms with E-state index in [0.29, 0.717) is 0 Å². The second-order valence-corrected chi connectivity index (χ2v) is 4.55. The number of hydrogen-bond donors (Lipinski definition) is 1. The Morgan fingerprint density at radius 2 is 1.92 bits per heavy atom. The zero-order valence-electron chi connectivity index (χ0n) is 8.54. The summed E-state index contributed by atoms with van der Waals surface area (Å²) in [5.41, 5.74) is 5.54. The van der Waals surface area contributed by atoms with Crippen LogP contribution in [0.4, 0.5) is 0 Å². The van der Waals surface area contributed by atoms with Crippen molar-refractivity contribution in [2.45, 2.75) is 57.0 Å². The fourth-order valence-corrected chi connectivity index (χ4v) is 2.84. The lowest BCUT2D eigenvalue weighted by molar-refractivity contribution is 0.0376. The Hall–Kier alpha value is -0.0800. The van der Waals surface area contributed by atoms with Gasteiger partial charge in [0.2, 0.25) is 0 Å². The van der Waals surface area contributed by atoms with Crippen molar-refractivity contribution in [1.82, 2.24) is 4.90 Å². The van der Waals surface area contributed by atoms with E-state index in [-0.39, 0.29) is 0 Å². The third kappa shape index (κ3) is 2.05. The third-order valence-corrected chi connectivity index (χ3v) is 3.72. The van der Waals surface area contributed by atoms with Crippen molar-refractivity contribution >= 4 is 0 Å². The quantitative estimate of drug-likeness (QED) is 0.717. The fraction of sp³-hybridized carbons (Fsp3) is 1.00. The molecule has 1 aliphatic carbocycles. The zero-order valence-corrected chi connectivity index (χ0v) is 8.54. The molecule has 13 heavy (non-hydrogen) atoms. The molecule has 1 saturated carbocycles. The lowest BCUT2D eigenvalue weighted by Crippen LogP contribution is -2.52. The summed E-state index contributed by atoms with van der Waals surface area (Å²) in [5.74, 6) is 0. The maximum absolute atomic E-state index is 5.54. The molecule has 1 atom stereocenters. The number of hydrogen-bond acceptors (Lipinski definition) is 2. The molecule has 76 valence electrons. The van der Waals surface area contributed by atoms with Gasteiger partial charge in [0.05, 0.1) is 0 Å². The van der Waals surface area contributed by atoms with E-state index < -0.39 is 0 Å². The van der Waals surface area contributed by atoms with Crippen LogP contribution in [-0.2, 0) is 0 Å². The molecule has 0 amide bonds. The van der Waals surface area contributed by atoms with E-state index in [0.717, 1.165) is 18.6 Å². The Labute approximate surface area is 81.5 Å². The van der Waals surface area contributed by atoms with Crippen LogP contribution in [-0.4, -0.2) is 30.1 Å². The van der Waals surface area contributed by atoms with E-state index in [1.807, 2.05) is 0 Å². The molecule has 2 rings (SSSR count). The van der Waals surface area contributed by atoms with Crippen LogP contribution in [0, 0.1) is 0 Å². The van der Waals surface area contributed by atoms with Gasteiger partial charge in [-0.1, -0.05) is 12.8 Å². The lowest BCUT2D eigenvalue weighted by atomic mass is 9.94. The molecule has 2 heteroatoms. The predicted octanol–water partition coefficient (Wildman–Crippen LogP) is 1.74. The summed E-state index contributed by atoms with van der Waals surface area (Å²) in [5, 5.41) is 0. The highest BCUT2D eigenvalue weighted by molar-refractivity contribution is 4.90. The minimum absolute atomic E-state index is 0.870. The van der Waals surface area contributed by atoms with Crippen LogP contribution in [0.1, 0.15) is 44.9 Å². The van der Waals surface area contributed by atoms with Gasteiger partial charge >= 0.3 is 0 Å². The lowest BCUT2D eigenvalue weighted by Gasteiger charge is -2.45. The molecule has 1 aliphatic heterocycles. The molecule has 0 bridgehead atoms. The van der Waals surface area contributed by atoms with Crippen LogP contribution < -0.4 is 5.73 Å². The van der Waals surface area contributed by atoms with E-state index in [1.54, 1.807) is 0 Å². The fourth-order valence-electron chi connectivity index (χ4n) is 2.84. The SMILES string of the molecule is NCCCC1CCN1C1CCCC1. The standard InChI is InChI=1S/C11H22N2/c12-8-3-6-11-7-9-13(11)10-4-1-2-5-10/h10-11H,1-9,12H2. The zero-order chi connectivity index (χ0) is 9.10. The van der Waals surface area contributed by atoms with Crippen LogP contribution in [0.15, 0.2) is 0 Å². The molecule has 2 N–H and O–H groups in total. The van der Waals surface area contributed by atoms with Gasteiger partial charge in [-0.2, -0.15) is 0 Å².